The number of fused-ring (bicyclic) bond motifs is 1. The van der Waals surface area contributed by atoms with Crippen molar-refractivity contribution in [3.8, 4) is 12.3 Å². The van der Waals surface area contributed by atoms with Gasteiger partial charge in [0, 0.05) is 5.39 Å². The van der Waals surface area contributed by atoms with Crippen molar-refractivity contribution in [2.45, 2.75) is 25.8 Å². The molecular formula is C13H14N2S. The second-order valence-electron chi connectivity index (χ2n) is 3.68. The van der Waals surface area contributed by atoms with E-state index in [1.165, 1.54) is 11.5 Å². The van der Waals surface area contributed by atoms with E-state index in [1.54, 1.807) is 0 Å². The van der Waals surface area contributed by atoms with Crippen LogP contribution in [0.5, 0.6) is 0 Å². The van der Waals surface area contributed by atoms with E-state index >= 15 is 0 Å². The Balaban J connectivity index is 2.24. The predicted octanol–water partition coefficient (Wildman–Crippen LogP) is 3.51. The first-order valence-electron chi connectivity index (χ1n) is 5.42. The number of nitrogens with zero attached hydrogens (tertiary/aromatic N) is 1. The molecule has 0 spiro atoms. The summed E-state index contributed by atoms with van der Waals surface area (Å²) >= 11 is 1.48. The highest BCUT2D eigenvalue weighted by Gasteiger charge is 2.09. The van der Waals surface area contributed by atoms with Gasteiger partial charge < -0.3 is 5.32 Å². The lowest BCUT2D eigenvalue weighted by atomic mass is 10.2. The highest BCUT2D eigenvalue weighted by molar-refractivity contribution is 7.11. The standard InChI is InChI=1S/C13H14N2S/c1-3-7-10(4-2)14-13-11-8-5-6-9-12(11)15-16-13/h2,5-6,8-10,14H,3,7H2,1H3. The van der Waals surface area contributed by atoms with Crippen LogP contribution in [0.15, 0.2) is 24.3 Å². The van der Waals surface area contributed by atoms with E-state index in [0.717, 1.165) is 28.7 Å². The number of nitrogens with one attached hydrogen (secondary N) is 1. The number of benzene rings is 1. The van der Waals surface area contributed by atoms with Crippen molar-refractivity contribution < 1.29 is 0 Å². The van der Waals surface area contributed by atoms with Crippen LogP contribution in [-0.2, 0) is 0 Å². The van der Waals surface area contributed by atoms with Gasteiger partial charge in [-0.2, -0.15) is 4.37 Å². The number of aromatic nitrogens is 1. The van der Waals surface area contributed by atoms with Crippen molar-refractivity contribution in [3.63, 3.8) is 0 Å². The van der Waals surface area contributed by atoms with Gasteiger partial charge in [-0.15, -0.1) is 6.42 Å². The van der Waals surface area contributed by atoms with Gasteiger partial charge in [0.2, 0.25) is 0 Å². The van der Waals surface area contributed by atoms with Gasteiger partial charge in [0.05, 0.1) is 11.6 Å². The number of rotatable bonds is 4. The molecule has 82 valence electrons. The maximum Gasteiger partial charge on any atom is 0.118 e. The molecule has 3 heteroatoms. The van der Waals surface area contributed by atoms with Crippen LogP contribution in [0, 0.1) is 12.3 Å². The number of hydrogen-bond donors (Lipinski definition) is 1. The van der Waals surface area contributed by atoms with Gasteiger partial charge in [0.15, 0.2) is 0 Å². The van der Waals surface area contributed by atoms with Gasteiger partial charge in [0.1, 0.15) is 5.00 Å². The molecule has 0 bridgehead atoms. The van der Waals surface area contributed by atoms with Gasteiger partial charge >= 0.3 is 0 Å². The summed E-state index contributed by atoms with van der Waals surface area (Å²) in [6.07, 6.45) is 7.56. The average molecular weight is 230 g/mol. The molecule has 1 unspecified atom stereocenters. The molecular weight excluding hydrogens is 216 g/mol. The van der Waals surface area contributed by atoms with Crippen LogP contribution in [0.25, 0.3) is 10.9 Å². The van der Waals surface area contributed by atoms with Gasteiger partial charge in [-0.05, 0) is 30.1 Å². The van der Waals surface area contributed by atoms with E-state index in [1.807, 2.05) is 18.2 Å². The topological polar surface area (TPSA) is 24.9 Å². The molecule has 1 atom stereocenters. The van der Waals surface area contributed by atoms with E-state index in [0.29, 0.717) is 0 Å². The summed E-state index contributed by atoms with van der Waals surface area (Å²) in [5.74, 6) is 2.77. The Morgan fingerprint density at radius 2 is 2.31 bits per heavy atom. The lowest BCUT2D eigenvalue weighted by Crippen LogP contribution is -2.15. The minimum absolute atomic E-state index is 0.105. The summed E-state index contributed by atoms with van der Waals surface area (Å²) < 4.78 is 4.38. The molecule has 0 aliphatic heterocycles. The molecule has 0 aliphatic rings. The van der Waals surface area contributed by atoms with Crippen LogP contribution in [0.3, 0.4) is 0 Å². The summed E-state index contributed by atoms with van der Waals surface area (Å²) in [6, 6.07) is 8.21. The van der Waals surface area contributed by atoms with Gasteiger partial charge in [-0.3, -0.25) is 0 Å². The molecule has 2 nitrogen and oxygen atoms in total. The zero-order valence-electron chi connectivity index (χ0n) is 9.23. The normalized spacial score (nSPS) is 12.2. The molecule has 16 heavy (non-hydrogen) atoms. The highest BCUT2D eigenvalue weighted by Crippen LogP contribution is 2.28. The summed E-state index contributed by atoms with van der Waals surface area (Å²) in [7, 11) is 0. The molecule has 1 aromatic heterocycles. The molecule has 1 aromatic carbocycles. The second-order valence-corrected chi connectivity index (χ2v) is 4.45. The Hall–Kier alpha value is -1.53. The quantitative estimate of drug-likeness (QED) is 0.813. The molecule has 2 aromatic rings. The third-order valence-electron chi connectivity index (χ3n) is 2.47. The third-order valence-corrected chi connectivity index (χ3v) is 3.28. The van der Waals surface area contributed by atoms with Crippen LogP contribution < -0.4 is 5.32 Å². The van der Waals surface area contributed by atoms with Crippen LogP contribution in [-0.4, -0.2) is 10.4 Å². The van der Waals surface area contributed by atoms with E-state index < -0.39 is 0 Å². The van der Waals surface area contributed by atoms with Crippen molar-refractivity contribution in [1.82, 2.24) is 4.37 Å². The molecule has 1 N–H and O–H groups in total. The molecule has 0 radical (unpaired) electrons. The Morgan fingerprint density at radius 3 is 3.06 bits per heavy atom. The van der Waals surface area contributed by atoms with E-state index in [-0.39, 0.29) is 6.04 Å². The van der Waals surface area contributed by atoms with Gasteiger partial charge in [-0.25, -0.2) is 0 Å². The molecule has 0 aliphatic carbocycles. The van der Waals surface area contributed by atoms with Crippen molar-refractivity contribution in [1.29, 1.82) is 0 Å². The molecule has 0 amide bonds. The first kappa shape index (κ1) is 11.0. The smallest absolute Gasteiger partial charge is 0.118 e. The highest BCUT2D eigenvalue weighted by atomic mass is 32.1. The summed E-state index contributed by atoms with van der Waals surface area (Å²) in [6.45, 7) is 2.14. The fraction of sp³-hybridized carbons (Fsp3) is 0.308. The number of terminal acetylenes is 1. The number of anilines is 1. The Morgan fingerprint density at radius 1 is 1.50 bits per heavy atom. The molecule has 0 saturated carbocycles. The SMILES string of the molecule is C#CC(CCC)Nc1snc2ccccc12. The lowest BCUT2D eigenvalue weighted by molar-refractivity contribution is 0.758. The predicted molar refractivity (Wildman–Crippen MR) is 70.8 cm³/mol. The Bertz CT molecular complexity index is 510. The fourth-order valence-electron chi connectivity index (χ4n) is 1.64. The molecule has 1 heterocycles. The largest absolute Gasteiger partial charge is 0.362 e. The van der Waals surface area contributed by atoms with Gasteiger partial charge in [-0.1, -0.05) is 31.4 Å². The van der Waals surface area contributed by atoms with E-state index in [2.05, 4.69) is 28.6 Å². The Kier molecular flexibility index (Phi) is 3.43. The summed E-state index contributed by atoms with van der Waals surface area (Å²) in [4.78, 5) is 0. The van der Waals surface area contributed by atoms with Crippen LogP contribution in [0.1, 0.15) is 19.8 Å². The maximum absolute atomic E-state index is 5.49. The fourth-order valence-corrected chi connectivity index (χ4v) is 2.45. The average Bonchev–Trinajstić information content (AvgIpc) is 2.72. The van der Waals surface area contributed by atoms with Crippen molar-refractivity contribution in [3.05, 3.63) is 24.3 Å². The summed E-state index contributed by atoms with van der Waals surface area (Å²) in [5, 5.41) is 5.60. The first-order valence-corrected chi connectivity index (χ1v) is 6.19. The van der Waals surface area contributed by atoms with Gasteiger partial charge in [0.25, 0.3) is 0 Å². The van der Waals surface area contributed by atoms with Crippen LogP contribution >= 0.6 is 11.5 Å². The Labute approximate surface area is 99.9 Å². The molecule has 0 fully saturated rings. The minimum atomic E-state index is 0.105. The minimum Gasteiger partial charge on any atom is -0.362 e. The van der Waals surface area contributed by atoms with E-state index in [4.69, 9.17) is 6.42 Å². The molecule has 0 saturated heterocycles. The van der Waals surface area contributed by atoms with Crippen molar-refractivity contribution >= 4 is 27.4 Å². The summed E-state index contributed by atoms with van der Waals surface area (Å²) in [5.41, 5.74) is 1.03. The number of hydrogen-bond acceptors (Lipinski definition) is 3. The van der Waals surface area contributed by atoms with E-state index in [9.17, 15) is 0 Å². The van der Waals surface area contributed by atoms with Crippen molar-refractivity contribution in [2.75, 3.05) is 5.32 Å². The zero-order chi connectivity index (χ0) is 11.4. The maximum atomic E-state index is 5.49. The monoisotopic (exact) mass is 230 g/mol. The van der Waals surface area contributed by atoms with Crippen LogP contribution in [0.2, 0.25) is 0 Å². The van der Waals surface area contributed by atoms with Crippen LogP contribution in [0.4, 0.5) is 5.00 Å². The zero-order valence-corrected chi connectivity index (χ0v) is 10.1. The molecule has 2 rings (SSSR count). The second kappa shape index (κ2) is 5.00. The van der Waals surface area contributed by atoms with Crippen molar-refractivity contribution in [2.24, 2.45) is 0 Å². The third kappa shape index (κ3) is 2.17. The lowest BCUT2D eigenvalue weighted by Gasteiger charge is -2.11. The first-order chi connectivity index (χ1) is 7.85.